The third-order valence-corrected chi connectivity index (χ3v) is 4.14. The molecule has 1 fully saturated rings. The number of fused-ring (bicyclic) bond motifs is 1. The first-order valence-corrected chi connectivity index (χ1v) is 6.14. The van der Waals surface area contributed by atoms with Crippen molar-refractivity contribution in [1.82, 2.24) is 0 Å². The van der Waals surface area contributed by atoms with Crippen LogP contribution in [0.4, 0.5) is 0 Å². The molecule has 0 aromatic carbocycles. The average Bonchev–Trinajstić information content (AvgIpc) is 2.27. The van der Waals surface area contributed by atoms with Gasteiger partial charge in [-0.3, -0.25) is 4.79 Å². The number of allylic oxidation sites excluding steroid dienone is 1. The van der Waals surface area contributed by atoms with Gasteiger partial charge in [0.15, 0.2) is 5.78 Å². The monoisotopic (exact) mass is 233 g/mol. The molecule has 17 heavy (non-hydrogen) atoms. The van der Waals surface area contributed by atoms with Crippen LogP contribution in [0.3, 0.4) is 0 Å². The van der Waals surface area contributed by atoms with Gasteiger partial charge in [0, 0.05) is 5.41 Å². The van der Waals surface area contributed by atoms with Crippen LogP contribution in [0.25, 0.3) is 0 Å². The summed E-state index contributed by atoms with van der Waals surface area (Å²) in [6.45, 7) is 7.92. The van der Waals surface area contributed by atoms with Crippen molar-refractivity contribution in [3.05, 3.63) is 11.6 Å². The van der Waals surface area contributed by atoms with Crippen LogP contribution in [-0.4, -0.2) is 18.0 Å². The van der Waals surface area contributed by atoms with Crippen molar-refractivity contribution in [3.8, 4) is 6.07 Å². The van der Waals surface area contributed by atoms with Gasteiger partial charge < -0.3 is 4.74 Å². The third kappa shape index (κ3) is 1.71. The number of nitriles is 1. The molecular weight excluding hydrogens is 214 g/mol. The third-order valence-electron chi connectivity index (χ3n) is 4.14. The van der Waals surface area contributed by atoms with E-state index in [2.05, 4.69) is 6.92 Å². The lowest BCUT2D eigenvalue weighted by molar-refractivity contribution is -0.167. The van der Waals surface area contributed by atoms with E-state index in [9.17, 15) is 4.79 Å². The van der Waals surface area contributed by atoms with Crippen LogP contribution in [0.2, 0.25) is 0 Å². The highest BCUT2D eigenvalue weighted by Crippen LogP contribution is 2.50. The summed E-state index contributed by atoms with van der Waals surface area (Å²) in [4.78, 5) is 12.2. The number of rotatable bonds is 0. The van der Waals surface area contributed by atoms with Crippen molar-refractivity contribution in [2.75, 3.05) is 0 Å². The summed E-state index contributed by atoms with van der Waals surface area (Å²) in [7, 11) is 0. The quantitative estimate of drug-likeness (QED) is 0.646. The number of hydrogen-bond acceptors (Lipinski definition) is 3. The van der Waals surface area contributed by atoms with Crippen LogP contribution in [-0.2, 0) is 9.53 Å². The fourth-order valence-corrected chi connectivity index (χ4v) is 3.19. The summed E-state index contributed by atoms with van der Waals surface area (Å²) < 4.78 is 6.00. The van der Waals surface area contributed by atoms with Gasteiger partial charge in [0.1, 0.15) is 6.07 Å². The van der Waals surface area contributed by atoms with E-state index >= 15 is 0 Å². The molecule has 3 heteroatoms. The van der Waals surface area contributed by atoms with E-state index < -0.39 is 5.41 Å². The van der Waals surface area contributed by atoms with Gasteiger partial charge in [-0.15, -0.1) is 0 Å². The predicted molar refractivity (Wildman–Crippen MR) is 64.2 cm³/mol. The summed E-state index contributed by atoms with van der Waals surface area (Å²) >= 11 is 0. The highest BCUT2D eigenvalue weighted by Gasteiger charge is 2.54. The number of carbonyl (C=O) groups is 1. The summed E-state index contributed by atoms with van der Waals surface area (Å²) in [5.74, 6) is -0.0865. The molecule has 0 radical (unpaired) electrons. The van der Waals surface area contributed by atoms with E-state index in [4.69, 9.17) is 10.00 Å². The number of hydrogen-bond donors (Lipinski definition) is 0. The number of Topliss-reactive ketones (excluding diaryl/α,β-unsaturated/α-hetero) is 1. The molecule has 1 heterocycles. The Balaban J connectivity index is 2.51. The molecule has 2 aliphatic rings. The second kappa shape index (κ2) is 3.68. The summed E-state index contributed by atoms with van der Waals surface area (Å²) in [6.07, 6.45) is 3.85. The van der Waals surface area contributed by atoms with Crippen molar-refractivity contribution in [2.24, 2.45) is 10.8 Å². The van der Waals surface area contributed by atoms with E-state index in [0.717, 1.165) is 12.8 Å². The molecule has 1 aliphatic heterocycles. The maximum atomic E-state index is 12.2. The van der Waals surface area contributed by atoms with Crippen molar-refractivity contribution in [3.63, 3.8) is 0 Å². The Labute approximate surface area is 102 Å². The molecule has 0 N–H and O–H groups in total. The molecule has 1 saturated heterocycles. The molecule has 0 bridgehead atoms. The van der Waals surface area contributed by atoms with Gasteiger partial charge in [-0.05, 0) is 33.6 Å². The Morgan fingerprint density at radius 2 is 2.12 bits per heavy atom. The highest BCUT2D eigenvalue weighted by molar-refractivity contribution is 6.04. The number of ketones is 1. The van der Waals surface area contributed by atoms with Crippen LogP contribution in [0.1, 0.15) is 40.5 Å². The molecule has 0 aromatic rings. The first kappa shape index (κ1) is 12.3. The fraction of sp³-hybridized carbons (Fsp3) is 0.714. The zero-order chi connectivity index (χ0) is 12.8. The maximum Gasteiger partial charge on any atom is 0.181 e. The van der Waals surface area contributed by atoms with Crippen molar-refractivity contribution in [2.45, 2.75) is 52.7 Å². The highest BCUT2D eigenvalue weighted by atomic mass is 16.5. The van der Waals surface area contributed by atoms with Crippen molar-refractivity contribution in [1.29, 1.82) is 5.26 Å². The Kier molecular flexibility index (Phi) is 2.67. The first-order valence-electron chi connectivity index (χ1n) is 6.14. The number of ether oxygens (including phenoxy) is 1. The molecule has 1 aliphatic carbocycles. The molecule has 3 nitrogen and oxygen atoms in total. The van der Waals surface area contributed by atoms with E-state index in [0.29, 0.717) is 5.57 Å². The van der Waals surface area contributed by atoms with Gasteiger partial charge in [-0.2, -0.15) is 5.26 Å². The average molecular weight is 233 g/mol. The van der Waals surface area contributed by atoms with E-state index in [1.807, 2.05) is 32.9 Å². The Morgan fingerprint density at radius 3 is 2.71 bits per heavy atom. The number of carbonyl (C=O) groups excluding carboxylic acids is 1. The minimum Gasteiger partial charge on any atom is -0.373 e. The minimum absolute atomic E-state index is 0.0865. The summed E-state index contributed by atoms with van der Waals surface area (Å²) in [6, 6.07) is 2.03. The standard InChI is InChI=1S/C14H19NO2/c1-9-5-6-14(4)7-10(8-15)11(16)13(2,3)12(14)17-9/h7,9,12H,5-6H2,1-4H3/t9?,12-,14?/m0/s1. The SMILES string of the molecule is CC1CCC2(C)C=C(C#N)C(=O)C(C)(C)[C@@H]2O1. The summed E-state index contributed by atoms with van der Waals surface area (Å²) in [5.41, 5.74) is -0.495. The molecule has 2 unspecified atom stereocenters. The van der Waals surface area contributed by atoms with Crippen LogP contribution < -0.4 is 0 Å². The Hall–Kier alpha value is -1.14. The molecule has 0 saturated carbocycles. The minimum atomic E-state index is -0.608. The predicted octanol–water partition coefficient (Wildman–Crippen LogP) is 2.62. The molecule has 0 amide bonds. The van der Waals surface area contributed by atoms with E-state index in [1.54, 1.807) is 0 Å². The molecule has 92 valence electrons. The van der Waals surface area contributed by atoms with Gasteiger partial charge in [-0.25, -0.2) is 0 Å². The van der Waals surface area contributed by atoms with Gasteiger partial charge >= 0.3 is 0 Å². The summed E-state index contributed by atoms with van der Waals surface area (Å²) in [5, 5.41) is 9.07. The fourth-order valence-electron chi connectivity index (χ4n) is 3.19. The van der Waals surface area contributed by atoms with Gasteiger partial charge in [0.05, 0.1) is 23.2 Å². The molecule has 0 aromatic heterocycles. The first-order chi connectivity index (χ1) is 7.81. The van der Waals surface area contributed by atoms with Gasteiger partial charge in [0.25, 0.3) is 0 Å². The second-order valence-electron chi connectivity index (χ2n) is 6.09. The van der Waals surface area contributed by atoms with Gasteiger partial charge in [0.2, 0.25) is 0 Å². The van der Waals surface area contributed by atoms with Gasteiger partial charge in [-0.1, -0.05) is 13.0 Å². The normalized spacial score (nSPS) is 40.2. The van der Waals surface area contributed by atoms with Crippen LogP contribution >= 0.6 is 0 Å². The van der Waals surface area contributed by atoms with E-state index in [-0.39, 0.29) is 23.4 Å². The molecular formula is C14H19NO2. The van der Waals surface area contributed by atoms with Crippen LogP contribution in [0.5, 0.6) is 0 Å². The second-order valence-corrected chi connectivity index (χ2v) is 6.09. The molecule has 3 atom stereocenters. The maximum absolute atomic E-state index is 12.2. The largest absolute Gasteiger partial charge is 0.373 e. The molecule has 2 rings (SSSR count). The lowest BCUT2D eigenvalue weighted by Crippen LogP contribution is -2.55. The Bertz CT molecular complexity index is 430. The zero-order valence-electron chi connectivity index (χ0n) is 10.9. The van der Waals surface area contributed by atoms with Crippen molar-refractivity contribution < 1.29 is 9.53 Å². The van der Waals surface area contributed by atoms with E-state index in [1.165, 1.54) is 0 Å². The smallest absolute Gasteiger partial charge is 0.181 e. The topological polar surface area (TPSA) is 50.1 Å². The van der Waals surface area contributed by atoms with Crippen molar-refractivity contribution >= 4 is 5.78 Å². The Morgan fingerprint density at radius 1 is 1.47 bits per heavy atom. The lowest BCUT2D eigenvalue weighted by Gasteiger charge is -2.51. The number of nitrogens with zero attached hydrogens (tertiary/aromatic N) is 1. The lowest BCUT2D eigenvalue weighted by atomic mass is 9.60. The van der Waals surface area contributed by atoms with Crippen LogP contribution in [0.15, 0.2) is 11.6 Å². The zero-order valence-corrected chi connectivity index (χ0v) is 10.9. The molecule has 0 spiro atoms. The van der Waals surface area contributed by atoms with Crippen LogP contribution in [0, 0.1) is 22.2 Å².